The molecule has 0 aliphatic heterocycles. The average Bonchev–Trinajstić information content (AvgIpc) is 2.16. The summed E-state index contributed by atoms with van der Waals surface area (Å²) in [5, 5.41) is 0. The Morgan fingerprint density at radius 3 is 2.44 bits per heavy atom. The molecule has 90 valence electrons. The van der Waals surface area contributed by atoms with E-state index in [-0.39, 0.29) is 5.82 Å². The van der Waals surface area contributed by atoms with Gasteiger partial charge in [-0.2, -0.15) is 0 Å². The van der Waals surface area contributed by atoms with Gasteiger partial charge in [0.05, 0.1) is 11.4 Å². The van der Waals surface area contributed by atoms with Crippen LogP contribution in [0.3, 0.4) is 0 Å². The largest absolute Gasteiger partial charge is 0.397 e. The van der Waals surface area contributed by atoms with Gasteiger partial charge in [0.15, 0.2) is 0 Å². The van der Waals surface area contributed by atoms with Gasteiger partial charge in [-0.3, -0.25) is 0 Å². The lowest BCUT2D eigenvalue weighted by atomic mass is 10.2. The van der Waals surface area contributed by atoms with E-state index >= 15 is 0 Å². The van der Waals surface area contributed by atoms with Crippen LogP contribution in [0.5, 0.6) is 0 Å². The fourth-order valence-corrected chi connectivity index (χ4v) is 1.62. The van der Waals surface area contributed by atoms with E-state index < -0.39 is 0 Å². The molecule has 16 heavy (non-hydrogen) atoms. The van der Waals surface area contributed by atoms with Crippen LogP contribution in [0.25, 0.3) is 0 Å². The molecule has 1 aromatic carbocycles. The molecule has 0 heterocycles. The van der Waals surface area contributed by atoms with E-state index in [9.17, 15) is 4.39 Å². The Kier molecular flexibility index (Phi) is 4.55. The summed E-state index contributed by atoms with van der Waals surface area (Å²) in [6.07, 6.45) is 1.06. The lowest BCUT2D eigenvalue weighted by molar-refractivity contribution is 0.402. The molecule has 3 nitrogen and oxygen atoms in total. The van der Waals surface area contributed by atoms with E-state index in [4.69, 9.17) is 5.73 Å². The molecule has 1 aromatic rings. The van der Waals surface area contributed by atoms with Crippen LogP contribution < -0.4 is 10.6 Å². The number of anilines is 2. The fraction of sp³-hybridized carbons (Fsp3) is 0.500. The smallest absolute Gasteiger partial charge is 0.125 e. The van der Waals surface area contributed by atoms with Crippen molar-refractivity contribution in [2.75, 3.05) is 44.9 Å². The maximum Gasteiger partial charge on any atom is 0.125 e. The Labute approximate surface area is 96.6 Å². The minimum atomic E-state index is -0.289. The summed E-state index contributed by atoms with van der Waals surface area (Å²) in [5.41, 5.74) is 7.14. The molecule has 0 aromatic heterocycles. The maximum atomic E-state index is 12.9. The van der Waals surface area contributed by atoms with Gasteiger partial charge >= 0.3 is 0 Å². The Morgan fingerprint density at radius 2 is 1.88 bits per heavy atom. The van der Waals surface area contributed by atoms with Crippen molar-refractivity contribution in [1.82, 2.24) is 4.90 Å². The molecule has 0 saturated heterocycles. The molecular formula is C12H20FN3. The lowest BCUT2D eigenvalue weighted by Crippen LogP contribution is -2.24. The number of nitrogens with two attached hydrogens (primary N) is 1. The molecule has 1 rings (SSSR count). The Morgan fingerprint density at radius 1 is 1.19 bits per heavy atom. The standard InChI is InChI=1S/C12H20FN3/c1-15(2)7-4-8-16(3)12-6-5-10(13)9-11(12)14/h5-6,9H,4,7-8,14H2,1-3H3. The zero-order valence-electron chi connectivity index (χ0n) is 10.2. The summed E-state index contributed by atoms with van der Waals surface area (Å²) in [6.45, 7) is 1.94. The van der Waals surface area contributed by atoms with Crippen LogP contribution in [-0.2, 0) is 0 Å². The van der Waals surface area contributed by atoms with Gasteiger partial charge in [0.2, 0.25) is 0 Å². The summed E-state index contributed by atoms with van der Waals surface area (Å²) < 4.78 is 12.9. The molecule has 0 amide bonds. The molecule has 0 radical (unpaired) electrons. The minimum absolute atomic E-state index is 0.289. The Bertz CT molecular complexity index is 339. The normalized spacial score (nSPS) is 10.8. The van der Waals surface area contributed by atoms with Crippen LogP contribution in [0.1, 0.15) is 6.42 Å². The zero-order chi connectivity index (χ0) is 12.1. The van der Waals surface area contributed by atoms with Gasteiger partial charge in [-0.25, -0.2) is 4.39 Å². The molecular weight excluding hydrogens is 205 g/mol. The van der Waals surface area contributed by atoms with E-state index in [0.29, 0.717) is 5.69 Å². The number of nitrogens with zero attached hydrogens (tertiary/aromatic N) is 2. The van der Waals surface area contributed by atoms with Crippen LogP contribution >= 0.6 is 0 Å². The van der Waals surface area contributed by atoms with Gasteiger partial charge in [-0.05, 0) is 45.3 Å². The van der Waals surface area contributed by atoms with Gasteiger partial charge < -0.3 is 15.5 Å². The summed E-state index contributed by atoms with van der Waals surface area (Å²) in [6, 6.07) is 4.52. The molecule has 0 fully saturated rings. The van der Waals surface area contributed by atoms with Gasteiger partial charge in [0, 0.05) is 13.6 Å². The lowest BCUT2D eigenvalue weighted by Gasteiger charge is -2.22. The quantitative estimate of drug-likeness (QED) is 0.775. The number of rotatable bonds is 5. The molecule has 0 aliphatic carbocycles. The molecule has 0 spiro atoms. The summed E-state index contributed by atoms with van der Waals surface area (Å²) in [7, 11) is 6.07. The predicted octanol–water partition coefficient (Wildman–Crippen LogP) is 1.80. The summed E-state index contributed by atoms with van der Waals surface area (Å²) in [5.74, 6) is -0.289. The highest BCUT2D eigenvalue weighted by Gasteiger charge is 2.05. The minimum Gasteiger partial charge on any atom is -0.397 e. The number of nitrogen functional groups attached to an aromatic ring is 1. The van der Waals surface area contributed by atoms with Crippen molar-refractivity contribution in [3.63, 3.8) is 0 Å². The molecule has 0 bridgehead atoms. The van der Waals surface area contributed by atoms with Gasteiger partial charge in [0.1, 0.15) is 5.82 Å². The monoisotopic (exact) mass is 225 g/mol. The molecule has 0 atom stereocenters. The van der Waals surface area contributed by atoms with Gasteiger partial charge in [-0.1, -0.05) is 0 Å². The van der Waals surface area contributed by atoms with E-state index in [1.54, 1.807) is 6.07 Å². The first-order valence-corrected chi connectivity index (χ1v) is 5.41. The zero-order valence-corrected chi connectivity index (χ0v) is 10.2. The Hall–Kier alpha value is -1.29. The van der Waals surface area contributed by atoms with Crippen LogP contribution in [-0.4, -0.2) is 39.1 Å². The van der Waals surface area contributed by atoms with Crippen molar-refractivity contribution in [3.8, 4) is 0 Å². The molecule has 2 N–H and O–H groups in total. The number of benzene rings is 1. The second kappa shape index (κ2) is 5.70. The first-order valence-electron chi connectivity index (χ1n) is 5.41. The van der Waals surface area contributed by atoms with E-state index in [1.165, 1.54) is 12.1 Å². The third-order valence-corrected chi connectivity index (χ3v) is 2.50. The first-order chi connectivity index (χ1) is 7.50. The van der Waals surface area contributed by atoms with E-state index in [1.807, 2.05) is 21.1 Å². The number of hydrogen-bond acceptors (Lipinski definition) is 3. The van der Waals surface area contributed by atoms with Crippen LogP contribution in [0.2, 0.25) is 0 Å². The van der Waals surface area contributed by atoms with E-state index in [2.05, 4.69) is 9.80 Å². The topological polar surface area (TPSA) is 32.5 Å². The van der Waals surface area contributed by atoms with Gasteiger partial charge in [0.25, 0.3) is 0 Å². The average molecular weight is 225 g/mol. The van der Waals surface area contributed by atoms with Crippen LogP contribution in [0.4, 0.5) is 15.8 Å². The van der Waals surface area contributed by atoms with Crippen molar-refractivity contribution >= 4 is 11.4 Å². The summed E-state index contributed by atoms with van der Waals surface area (Å²) >= 11 is 0. The predicted molar refractivity (Wildman–Crippen MR) is 67.3 cm³/mol. The van der Waals surface area contributed by atoms with Crippen LogP contribution in [0.15, 0.2) is 18.2 Å². The second-order valence-electron chi connectivity index (χ2n) is 4.28. The molecule has 0 aliphatic rings. The van der Waals surface area contributed by atoms with Crippen molar-refractivity contribution in [2.24, 2.45) is 0 Å². The first kappa shape index (κ1) is 12.8. The summed E-state index contributed by atoms with van der Waals surface area (Å²) in [4.78, 5) is 4.19. The number of hydrogen-bond donors (Lipinski definition) is 1. The third kappa shape index (κ3) is 3.70. The van der Waals surface area contributed by atoms with E-state index in [0.717, 1.165) is 25.2 Å². The molecule has 4 heteroatoms. The highest BCUT2D eigenvalue weighted by Crippen LogP contribution is 2.22. The Balaban J connectivity index is 2.55. The second-order valence-corrected chi connectivity index (χ2v) is 4.28. The van der Waals surface area contributed by atoms with Crippen molar-refractivity contribution in [3.05, 3.63) is 24.0 Å². The van der Waals surface area contributed by atoms with Crippen LogP contribution in [0, 0.1) is 5.82 Å². The number of halogens is 1. The SMILES string of the molecule is CN(C)CCCN(C)c1ccc(F)cc1N. The fourth-order valence-electron chi connectivity index (χ4n) is 1.62. The highest BCUT2D eigenvalue weighted by molar-refractivity contribution is 5.67. The van der Waals surface area contributed by atoms with Crippen molar-refractivity contribution < 1.29 is 4.39 Å². The third-order valence-electron chi connectivity index (χ3n) is 2.50. The highest BCUT2D eigenvalue weighted by atomic mass is 19.1. The molecule has 0 saturated carbocycles. The van der Waals surface area contributed by atoms with Crippen molar-refractivity contribution in [2.45, 2.75) is 6.42 Å². The molecule has 0 unspecified atom stereocenters. The van der Waals surface area contributed by atoms with Gasteiger partial charge in [-0.15, -0.1) is 0 Å². The van der Waals surface area contributed by atoms with Crippen molar-refractivity contribution in [1.29, 1.82) is 0 Å². The maximum absolute atomic E-state index is 12.9.